The first-order chi connectivity index (χ1) is 13.4. The van der Waals surface area contributed by atoms with Gasteiger partial charge in [0.25, 0.3) is 0 Å². The zero-order valence-electron chi connectivity index (χ0n) is 17.3. The van der Waals surface area contributed by atoms with E-state index in [1.54, 1.807) is 0 Å². The van der Waals surface area contributed by atoms with Crippen molar-refractivity contribution >= 4 is 11.9 Å². The van der Waals surface area contributed by atoms with Crippen LogP contribution < -0.4 is 15.0 Å². The van der Waals surface area contributed by atoms with Gasteiger partial charge >= 0.3 is 6.09 Å². The van der Waals surface area contributed by atoms with E-state index in [9.17, 15) is 9.59 Å². The van der Waals surface area contributed by atoms with Crippen LogP contribution in [0.5, 0.6) is 5.75 Å². The van der Waals surface area contributed by atoms with Crippen LogP contribution in [0.25, 0.3) is 0 Å². The quantitative estimate of drug-likeness (QED) is 0.836. The van der Waals surface area contributed by atoms with Gasteiger partial charge in [-0.15, -0.1) is 0 Å². The van der Waals surface area contributed by atoms with E-state index in [0.29, 0.717) is 35.8 Å². The number of hydrogen-bond acceptors (Lipinski definition) is 3. The van der Waals surface area contributed by atoms with Crippen LogP contribution in [0.1, 0.15) is 56.1 Å². The van der Waals surface area contributed by atoms with Crippen LogP contribution in [0.3, 0.4) is 0 Å². The molecule has 4 unspecified atom stereocenters. The Kier molecular flexibility index (Phi) is 5.21. The summed E-state index contributed by atoms with van der Waals surface area (Å²) in [4.78, 5) is 25.7. The average molecular weight is 386 g/mol. The number of carbonyl (C=O) groups excluding carboxylic acids is 2. The molecule has 152 valence electrons. The number of likely N-dealkylation sites (N-methyl/N-ethyl adjacent to an activating group) is 1. The molecule has 1 aromatic rings. The van der Waals surface area contributed by atoms with Crippen LogP contribution in [-0.4, -0.2) is 39.1 Å². The Morgan fingerprint density at radius 2 is 2.07 bits per heavy atom. The molecule has 1 amide bonds. The molecule has 4 rings (SSSR count). The number of benzene rings is 1. The SMILES string of the molecule is C[NH+](C)CCNC(=O)Oc1ccc2c(c1)CCC1C2CCC2(C)C(=O)CCC12. The van der Waals surface area contributed by atoms with E-state index < -0.39 is 0 Å². The molecule has 0 bridgehead atoms. The number of hydrogen-bond donors (Lipinski definition) is 2. The summed E-state index contributed by atoms with van der Waals surface area (Å²) in [5, 5.41) is 2.81. The maximum atomic E-state index is 12.5. The van der Waals surface area contributed by atoms with Crippen LogP contribution in [-0.2, 0) is 11.2 Å². The maximum absolute atomic E-state index is 12.5. The van der Waals surface area contributed by atoms with Crippen molar-refractivity contribution in [1.82, 2.24) is 5.32 Å². The van der Waals surface area contributed by atoms with Gasteiger partial charge in [-0.2, -0.15) is 0 Å². The van der Waals surface area contributed by atoms with Crippen molar-refractivity contribution in [3.8, 4) is 5.75 Å². The Bertz CT molecular complexity index is 775. The number of quaternary nitrogens is 1. The van der Waals surface area contributed by atoms with Gasteiger partial charge in [0.1, 0.15) is 11.5 Å². The van der Waals surface area contributed by atoms with Crippen molar-refractivity contribution in [2.75, 3.05) is 27.2 Å². The van der Waals surface area contributed by atoms with E-state index in [2.05, 4.69) is 38.5 Å². The Morgan fingerprint density at radius 3 is 2.86 bits per heavy atom. The third kappa shape index (κ3) is 3.45. The Morgan fingerprint density at radius 1 is 1.25 bits per heavy atom. The number of rotatable bonds is 4. The number of ketones is 1. The Balaban J connectivity index is 1.45. The van der Waals surface area contributed by atoms with Crippen molar-refractivity contribution < 1.29 is 19.2 Å². The van der Waals surface area contributed by atoms with E-state index in [0.717, 1.165) is 45.1 Å². The van der Waals surface area contributed by atoms with Crippen molar-refractivity contribution in [3.63, 3.8) is 0 Å². The van der Waals surface area contributed by atoms with Crippen LogP contribution in [0.4, 0.5) is 4.79 Å². The van der Waals surface area contributed by atoms with Crippen LogP contribution >= 0.6 is 0 Å². The Hall–Kier alpha value is -1.88. The highest BCUT2D eigenvalue weighted by Gasteiger charge is 2.54. The normalized spacial score (nSPS) is 31.1. The molecule has 2 saturated carbocycles. The summed E-state index contributed by atoms with van der Waals surface area (Å²) in [6.45, 7) is 3.69. The number of ether oxygens (including phenoxy) is 1. The number of nitrogens with one attached hydrogen (secondary N) is 2. The second-order valence-electron chi connectivity index (χ2n) is 9.47. The van der Waals surface area contributed by atoms with Gasteiger partial charge in [-0.05, 0) is 73.1 Å². The summed E-state index contributed by atoms with van der Waals surface area (Å²) in [6.07, 6.45) is 5.74. The van der Waals surface area contributed by atoms with E-state index in [-0.39, 0.29) is 11.5 Å². The van der Waals surface area contributed by atoms with Crippen LogP contribution in [0.15, 0.2) is 18.2 Å². The molecule has 0 spiro atoms. The number of aryl methyl sites for hydroxylation is 1. The van der Waals surface area contributed by atoms with Crippen molar-refractivity contribution in [1.29, 1.82) is 0 Å². The highest BCUT2D eigenvalue weighted by molar-refractivity contribution is 5.87. The molecule has 3 aliphatic carbocycles. The molecular weight excluding hydrogens is 352 g/mol. The van der Waals surface area contributed by atoms with Gasteiger partial charge in [-0.25, -0.2) is 4.79 Å². The van der Waals surface area contributed by atoms with E-state index in [1.165, 1.54) is 16.0 Å². The molecule has 2 N–H and O–H groups in total. The number of amides is 1. The lowest BCUT2D eigenvalue weighted by molar-refractivity contribution is -0.856. The first-order valence-electron chi connectivity index (χ1n) is 10.8. The summed E-state index contributed by atoms with van der Waals surface area (Å²) in [5.41, 5.74) is 2.66. The average Bonchev–Trinajstić information content (AvgIpc) is 2.96. The minimum Gasteiger partial charge on any atom is -0.410 e. The molecule has 0 aliphatic heterocycles. The largest absolute Gasteiger partial charge is 0.412 e. The van der Waals surface area contributed by atoms with Gasteiger partial charge in [0.15, 0.2) is 0 Å². The molecular formula is C23H33N2O3+. The van der Waals surface area contributed by atoms with Gasteiger partial charge in [0.05, 0.1) is 27.2 Å². The molecule has 2 fully saturated rings. The summed E-state index contributed by atoms with van der Waals surface area (Å²) in [5.74, 6) is 2.85. The molecule has 0 heterocycles. The monoisotopic (exact) mass is 385 g/mol. The molecule has 0 saturated heterocycles. The fourth-order valence-electron chi connectivity index (χ4n) is 5.95. The third-order valence-electron chi connectivity index (χ3n) is 7.51. The molecule has 28 heavy (non-hydrogen) atoms. The highest BCUT2D eigenvalue weighted by atomic mass is 16.6. The zero-order chi connectivity index (χ0) is 19.9. The van der Waals surface area contributed by atoms with Crippen LogP contribution in [0.2, 0.25) is 0 Å². The van der Waals surface area contributed by atoms with Gasteiger partial charge in [-0.3, -0.25) is 4.79 Å². The van der Waals surface area contributed by atoms with Crippen molar-refractivity contribution in [2.24, 2.45) is 17.3 Å². The molecule has 4 atom stereocenters. The summed E-state index contributed by atoms with van der Waals surface area (Å²) in [6, 6.07) is 6.15. The molecule has 0 radical (unpaired) electrons. The van der Waals surface area contributed by atoms with E-state index >= 15 is 0 Å². The number of Topliss-reactive ketones (excluding diaryl/α,β-unsaturated/α-hetero) is 1. The van der Waals surface area contributed by atoms with Crippen molar-refractivity contribution in [3.05, 3.63) is 29.3 Å². The maximum Gasteiger partial charge on any atom is 0.412 e. The molecule has 5 nitrogen and oxygen atoms in total. The minimum absolute atomic E-state index is 0.0753. The van der Waals surface area contributed by atoms with E-state index in [4.69, 9.17) is 4.74 Å². The van der Waals surface area contributed by atoms with Crippen LogP contribution in [0, 0.1) is 17.3 Å². The second-order valence-corrected chi connectivity index (χ2v) is 9.47. The molecule has 1 aromatic carbocycles. The molecule has 5 heteroatoms. The first-order valence-corrected chi connectivity index (χ1v) is 10.8. The predicted molar refractivity (Wildman–Crippen MR) is 108 cm³/mol. The van der Waals surface area contributed by atoms with E-state index in [1.807, 2.05) is 6.07 Å². The smallest absolute Gasteiger partial charge is 0.410 e. The summed E-state index contributed by atoms with van der Waals surface area (Å²) in [7, 11) is 4.11. The summed E-state index contributed by atoms with van der Waals surface area (Å²) < 4.78 is 5.49. The molecule has 3 aliphatic rings. The lowest BCUT2D eigenvalue weighted by Crippen LogP contribution is -3.06. The summed E-state index contributed by atoms with van der Waals surface area (Å²) >= 11 is 0. The fourth-order valence-corrected chi connectivity index (χ4v) is 5.95. The predicted octanol–water partition coefficient (Wildman–Crippen LogP) is 2.34. The minimum atomic E-state index is -0.382. The second kappa shape index (κ2) is 7.51. The lowest BCUT2D eigenvalue weighted by atomic mass is 9.55. The van der Waals surface area contributed by atoms with Crippen molar-refractivity contribution in [2.45, 2.75) is 51.4 Å². The van der Waals surface area contributed by atoms with Gasteiger partial charge in [-0.1, -0.05) is 13.0 Å². The topological polar surface area (TPSA) is 59.8 Å². The standard InChI is InChI=1S/C23H32N2O3/c1-23-11-10-18-17-7-5-16(28-22(27)24-12-13-25(2)3)14-15(17)4-6-19(18)20(23)8-9-21(23)26/h5,7,14,18-20H,4,6,8-13H2,1-3H3,(H,24,27)/p+1. The number of fused-ring (bicyclic) bond motifs is 5. The Labute approximate surface area is 167 Å². The highest BCUT2D eigenvalue weighted by Crippen LogP contribution is 2.59. The fraction of sp³-hybridized carbons (Fsp3) is 0.652. The third-order valence-corrected chi connectivity index (χ3v) is 7.51. The van der Waals surface area contributed by atoms with Gasteiger partial charge in [0, 0.05) is 11.8 Å². The molecule has 0 aromatic heterocycles. The van der Waals surface area contributed by atoms with Gasteiger partial charge in [0.2, 0.25) is 0 Å². The zero-order valence-corrected chi connectivity index (χ0v) is 17.3. The lowest BCUT2D eigenvalue weighted by Gasteiger charge is -2.48. The first kappa shape index (κ1) is 19.4. The van der Waals surface area contributed by atoms with Gasteiger partial charge < -0.3 is 15.0 Å². The number of carbonyl (C=O) groups is 2.